The molecule has 1 aliphatic carbocycles. The maximum Gasteiger partial charge on any atom is 0.168 e. The van der Waals surface area contributed by atoms with Crippen molar-refractivity contribution in [3.63, 3.8) is 0 Å². The number of hydrogen-bond donors (Lipinski definition) is 4. The van der Waals surface area contributed by atoms with Crippen LogP contribution in [0.2, 0.25) is 0 Å². The highest BCUT2D eigenvalue weighted by Crippen LogP contribution is 2.43. The minimum Gasteiger partial charge on any atom is -0.508 e. The fourth-order valence-electron chi connectivity index (χ4n) is 3.52. The average Bonchev–Trinajstić information content (AvgIpc) is 2.73. The Morgan fingerprint density at radius 1 is 1.00 bits per heavy atom. The van der Waals surface area contributed by atoms with Crippen LogP contribution in [0.3, 0.4) is 0 Å². The molecule has 0 aromatic heterocycles. The predicted molar refractivity (Wildman–Crippen MR) is 99.2 cm³/mol. The summed E-state index contributed by atoms with van der Waals surface area (Å²) < 4.78 is 5.65. The van der Waals surface area contributed by atoms with Gasteiger partial charge in [0.05, 0.1) is 0 Å². The summed E-state index contributed by atoms with van der Waals surface area (Å²) in [6.07, 6.45) is 6.88. The van der Waals surface area contributed by atoms with Crippen LogP contribution in [0.25, 0.3) is 17.7 Å². The van der Waals surface area contributed by atoms with Crippen LogP contribution in [0.4, 0.5) is 0 Å². The lowest BCUT2D eigenvalue weighted by atomic mass is 9.85. The second kappa shape index (κ2) is 5.81. The van der Waals surface area contributed by atoms with Gasteiger partial charge in [0.25, 0.3) is 0 Å². The molecule has 1 atom stereocenters. The van der Waals surface area contributed by atoms with E-state index in [2.05, 4.69) is 0 Å². The lowest BCUT2D eigenvalue weighted by Crippen LogP contribution is -2.28. The van der Waals surface area contributed by atoms with Gasteiger partial charge in [0.15, 0.2) is 11.5 Å². The number of aromatic hydroxyl groups is 3. The third-order valence-corrected chi connectivity index (χ3v) is 4.81. The van der Waals surface area contributed by atoms with Gasteiger partial charge in [0, 0.05) is 11.6 Å². The van der Waals surface area contributed by atoms with Crippen LogP contribution < -0.4 is 4.74 Å². The van der Waals surface area contributed by atoms with E-state index in [0.717, 1.165) is 40.7 Å². The fourth-order valence-corrected chi connectivity index (χ4v) is 3.52. The summed E-state index contributed by atoms with van der Waals surface area (Å²) >= 11 is 0. The summed E-state index contributed by atoms with van der Waals surface area (Å²) in [6.45, 7) is 1.73. The lowest BCUT2D eigenvalue weighted by Gasteiger charge is -2.22. The van der Waals surface area contributed by atoms with Crippen molar-refractivity contribution in [2.45, 2.75) is 25.4 Å². The zero-order chi connectivity index (χ0) is 18.5. The second-order valence-electron chi connectivity index (χ2n) is 7.09. The molecule has 0 amide bonds. The zero-order valence-electron chi connectivity index (χ0n) is 14.4. The Balaban J connectivity index is 1.83. The summed E-state index contributed by atoms with van der Waals surface area (Å²) in [5, 5.41) is 40.1. The van der Waals surface area contributed by atoms with E-state index in [4.69, 9.17) is 4.74 Å². The summed E-state index contributed by atoms with van der Waals surface area (Å²) in [5.74, 6) is 0.437. The van der Waals surface area contributed by atoms with Crippen LogP contribution in [0.15, 0.2) is 30.3 Å². The highest BCUT2D eigenvalue weighted by atomic mass is 16.5. The van der Waals surface area contributed by atoms with Crippen LogP contribution in [0.5, 0.6) is 23.0 Å². The van der Waals surface area contributed by atoms with Crippen LogP contribution >= 0.6 is 0 Å². The van der Waals surface area contributed by atoms with Gasteiger partial charge in [-0.1, -0.05) is 12.2 Å². The Kier molecular flexibility index (Phi) is 3.70. The molecule has 2 aromatic rings. The average molecular weight is 352 g/mol. The molecule has 4 rings (SSSR count). The zero-order valence-corrected chi connectivity index (χ0v) is 14.4. The number of aliphatic hydroxyl groups is 1. The van der Waals surface area contributed by atoms with Crippen molar-refractivity contribution < 1.29 is 25.2 Å². The van der Waals surface area contributed by atoms with Crippen molar-refractivity contribution in [2.24, 2.45) is 0 Å². The molecule has 0 bridgehead atoms. The molecule has 1 aliphatic heterocycles. The van der Waals surface area contributed by atoms with E-state index in [9.17, 15) is 20.4 Å². The predicted octanol–water partition coefficient (Wildman–Crippen LogP) is 3.45. The molecule has 1 heterocycles. The van der Waals surface area contributed by atoms with E-state index in [-0.39, 0.29) is 23.9 Å². The van der Waals surface area contributed by atoms with Crippen LogP contribution in [0.1, 0.15) is 35.6 Å². The van der Waals surface area contributed by atoms with Crippen LogP contribution in [-0.2, 0) is 6.42 Å². The highest BCUT2D eigenvalue weighted by molar-refractivity contribution is 5.88. The molecular weight excluding hydrogens is 332 g/mol. The van der Waals surface area contributed by atoms with E-state index in [1.54, 1.807) is 37.3 Å². The summed E-state index contributed by atoms with van der Waals surface area (Å²) in [4.78, 5) is 0. The minimum atomic E-state index is -1.09. The number of allylic oxidation sites excluding steroid dienone is 1. The largest absolute Gasteiger partial charge is 0.508 e. The van der Waals surface area contributed by atoms with Gasteiger partial charge in [-0.05, 0) is 66.3 Å². The number of ether oxygens (including phenoxy) is 1. The molecule has 2 aliphatic rings. The van der Waals surface area contributed by atoms with E-state index < -0.39 is 5.60 Å². The van der Waals surface area contributed by atoms with Gasteiger partial charge in [-0.15, -0.1) is 0 Å². The maximum absolute atomic E-state index is 10.4. The number of fused-ring (bicyclic) bond motifs is 3. The standard InChI is InChI=1S/C21H20O5/c1-21(25)5-4-18-17-3-2-12(13-7-15(22)10-16(23)8-13)6-14(17)9-19(24)20(18)26-11-21/h4-10,22-25H,2-3,11H2,1H3. The molecule has 2 aromatic carbocycles. The first-order valence-corrected chi connectivity index (χ1v) is 8.50. The van der Waals surface area contributed by atoms with E-state index >= 15 is 0 Å². The van der Waals surface area contributed by atoms with Crippen LogP contribution in [-0.4, -0.2) is 32.6 Å². The van der Waals surface area contributed by atoms with E-state index in [1.807, 2.05) is 6.08 Å². The van der Waals surface area contributed by atoms with Gasteiger partial charge in [0.1, 0.15) is 23.7 Å². The van der Waals surface area contributed by atoms with Gasteiger partial charge in [-0.25, -0.2) is 0 Å². The molecular formula is C21H20O5. The third kappa shape index (κ3) is 2.91. The molecule has 4 N–H and O–H groups in total. The first kappa shape index (κ1) is 16.5. The molecule has 0 fully saturated rings. The molecule has 5 heteroatoms. The molecule has 26 heavy (non-hydrogen) atoms. The van der Waals surface area contributed by atoms with Crippen molar-refractivity contribution in [1.29, 1.82) is 0 Å². The second-order valence-corrected chi connectivity index (χ2v) is 7.09. The topological polar surface area (TPSA) is 90.2 Å². The van der Waals surface area contributed by atoms with Gasteiger partial charge in [-0.3, -0.25) is 0 Å². The molecule has 0 spiro atoms. The minimum absolute atomic E-state index is 0.00929. The quantitative estimate of drug-likeness (QED) is 0.631. The van der Waals surface area contributed by atoms with Crippen molar-refractivity contribution in [3.05, 3.63) is 52.6 Å². The Morgan fingerprint density at radius 3 is 2.46 bits per heavy atom. The van der Waals surface area contributed by atoms with Crippen molar-refractivity contribution in [1.82, 2.24) is 0 Å². The summed E-state index contributed by atoms with van der Waals surface area (Å²) in [7, 11) is 0. The molecule has 0 radical (unpaired) electrons. The third-order valence-electron chi connectivity index (χ3n) is 4.81. The number of phenolic OH excluding ortho intramolecular Hbond substituents is 3. The summed E-state index contributed by atoms with van der Waals surface area (Å²) in [5.41, 5.74) is 3.31. The van der Waals surface area contributed by atoms with Gasteiger partial charge >= 0.3 is 0 Å². The summed E-state index contributed by atoms with van der Waals surface area (Å²) in [6, 6.07) is 6.17. The number of rotatable bonds is 1. The maximum atomic E-state index is 10.4. The van der Waals surface area contributed by atoms with Crippen molar-refractivity contribution >= 4 is 17.7 Å². The highest BCUT2D eigenvalue weighted by Gasteiger charge is 2.27. The first-order chi connectivity index (χ1) is 12.3. The van der Waals surface area contributed by atoms with Crippen molar-refractivity contribution in [2.75, 3.05) is 6.61 Å². The Morgan fingerprint density at radius 2 is 1.73 bits per heavy atom. The molecule has 0 saturated carbocycles. The van der Waals surface area contributed by atoms with Crippen molar-refractivity contribution in [3.8, 4) is 23.0 Å². The first-order valence-electron chi connectivity index (χ1n) is 8.50. The SMILES string of the molecule is CC1(O)C=Cc2c3c(cc(O)c2OC1)C=C(c1cc(O)cc(O)c1)CC3. The van der Waals surface area contributed by atoms with E-state index in [1.165, 1.54) is 6.07 Å². The number of benzene rings is 2. The molecule has 0 saturated heterocycles. The number of phenols is 3. The lowest BCUT2D eigenvalue weighted by molar-refractivity contribution is 0.0555. The van der Waals surface area contributed by atoms with Gasteiger partial charge in [0.2, 0.25) is 0 Å². The normalized spacial score (nSPS) is 21.2. The fraction of sp³-hybridized carbons (Fsp3) is 0.238. The molecule has 5 nitrogen and oxygen atoms in total. The Labute approximate surface area is 151 Å². The van der Waals surface area contributed by atoms with Gasteiger partial charge in [-0.2, -0.15) is 0 Å². The monoisotopic (exact) mass is 352 g/mol. The number of hydrogen-bond acceptors (Lipinski definition) is 5. The molecule has 134 valence electrons. The van der Waals surface area contributed by atoms with Gasteiger partial charge < -0.3 is 25.2 Å². The Bertz CT molecular complexity index is 933. The van der Waals surface area contributed by atoms with Crippen LogP contribution in [0, 0.1) is 0 Å². The smallest absolute Gasteiger partial charge is 0.168 e. The Hall–Kier alpha value is -2.92. The van der Waals surface area contributed by atoms with E-state index in [0.29, 0.717) is 5.75 Å². The molecule has 1 unspecified atom stereocenters.